The molecular weight excluding hydrogens is 357 g/mol. The molecule has 2 saturated carbocycles. The van der Waals surface area contributed by atoms with Crippen LogP contribution in [-0.2, 0) is 0 Å². The van der Waals surface area contributed by atoms with Crippen molar-refractivity contribution in [2.24, 2.45) is 23.7 Å². The summed E-state index contributed by atoms with van der Waals surface area (Å²) in [5.74, 6) is 1.96. The molecule has 0 spiro atoms. The molecule has 1 aromatic rings. The Labute approximate surface area is 157 Å². The van der Waals surface area contributed by atoms with Gasteiger partial charge < -0.3 is 15.0 Å². The van der Waals surface area contributed by atoms with Crippen molar-refractivity contribution in [1.82, 2.24) is 10.2 Å². The topological polar surface area (TPSA) is 41.6 Å². The van der Waals surface area contributed by atoms with E-state index in [1.165, 1.54) is 50.4 Å². The summed E-state index contributed by atoms with van der Waals surface area (Å²) in [4.78, 5) is 14.8. The molecule has 27 heavy (non-hydrogen) atoms. The van der Waals surface area contributed by atoms with Crippen LogP contribution < -0.4 is 10.1 Å². The van der Waals surface area contributed by atoms with Gasteiger partial charge in [-0.25, -0.2) is 0 Å². The molecule has 1 aromatic carbocycles. The zero-order valence-corrected chi connectivity index (χ0v) is 15.2. The van der Waals surface area contributed by atoms with Gasteiger partial charge in [0, 0.05) is 31.7 Å². The third-order valence-electron chi connectivity index (χ3n) is 6.27. The molecule has 1 heterocycles. The zero-order valence-electron chi connectivity index (χ0n) is 15.2. The van der Waals surface area contributed by atoms with Crippen molar-refractivity contribution < 1.29 is 22.7 Å². The van der Waals surface area contributed by atoms with Gasteiger partial charge in [0.1, 0.15) is 5.75 Å². The Morgan fingerprint density at radius 3 is 2.56 bits per heavy atom. The van der Waals surface area contributed by atoms with Gasteiger partial charge in [-0.3, -0.25) is 4.79 Å². The highest BCUT2D eigenvalue weighted by Gasteiger charge is 2.55. The lowest BCUT2D eigenvalue weighted by molar-refractivity contribution is -0.274. The number of benzene rings is 1. The Morgan fingerprint density at radius 2 is 1.89 bits per heavy atom. The van der Waals surface area contributed by atoms with Crippen LogP contribution in [0.4, 0.5) is 13.2 Å². The first-order valence-electron chi connectivity index (χ1n) is 9.75. The second kappa shape index (κ2) is 7.34. The average molecular weight is 382 g/mol. The molecule has 1 aliphatic heterocycles. The highest BCUT2D eigenvalue weighted by Crippen LogP contribution is 2.51. The standard InChI is InChI=1S/C20H25F3N2O2/c21-20(22,23)27-15-7-3-6-14(8-15)19(26)24-9-16-17-11-25(12-18(16)17)10-13-4-1-2-5-13/h3,6-8,13,16-18H,1-2,4-5,9-12H2,(H,24,26). The van der Waals surface area contributed by atoms with Gasteiger partial charge in [-0.05, 0) is 54.7 Å². The summed E-state index contributed by atoms with van der Waals surface area (Å²) in [7, 11) is 0. The van der Waals surface area contributed by atoms with E-state index in [4.69, 9.17) is 0 Å². The predicted molar refractivity (Wildman–Crippen MR) is 94.3 cm³/mol. The molecule has 0 aromatic heterocycles. The number of nitrogens with zero attached hydrogens (tertiary/aromatic N) is 1. The minimum absolute atomic E-state index is 0.186. The number of fused-ring (bicyclic) bond motifs is 1. The van der Waals surface area contributed by atoms with E-state index in [2.05, 4.69) is 15.0 Å². The van der Waals surface area contributed by atoms with Crippen LogP contribution in [0.15, 0.2) is 24.3 Å². The molecule has 1 amide bonds. The van der Waals surface area contributed by atoms with Crippen LogP contribution in [0, 0.1) is 23.7 Å². The Morgan fingerprint density at radius 1 is 1.19 bits per heavy atom. The fourth-order valence-electron chi connectivity index (χ4n) is 4.89. The quantitative estimate of drug-likeness (QED) is 0.816. The van der Waals surface area contributed by atoms with Crippen LogP contribution in [0.25, 0.3) is 0 Å². The van der Waals surface area contributed by atoms with Crippen LogP contribution >= 0.6 is 0 Å². The zero-order chi connectivity index (χ0) is 19.0. The fraction of sp³-hybridized carbons (Fsp3) is 0.650. The van der Waals surface area contributed by atoms with Gasteiger partial charge >= 0.3 is 6.36 Å². The molecule has 2 atom stereocenters. The Hall–Kier alpha value is -1.76. The molecule has 2 unspecified atom stereocenters. The smallest absolute Gasteiger partial charge is 0.406 e. The molecule has 0 bridgehead atoms. The molecule has 3 aliphatic rings. The van der Waals surface area contributed by atoms with Crippen LogP contribution in [0.5, 0.6) is 5.75 Å². The van der Waals surface area contributed by atoms with Crippen molar-refractivity contribution >= 4 is 5.91 Å². The minimum Gasteiger partial charge on any atom is -0.406 e. The molecule has 2 aliphatic carbocycles. The van der Waals surface area contributed by atoms with Crippen LogP contribution in [-0.4, -0.2) is 43.3 Å². The van der Waals surface area contributed by atoms with E-state index in [-0.39, 0.29) is 17.2 Å². The van der Waals surface area contributed by atoms with Crippen molar-refractivity contribution in [1.29, 1.82) is 0 Å². The third kappa shape index (κ3) is 4.57. The van der Waals surface area contributed by atoms with Gasteiger partial charge in [-0.15, -0.1) is 13.2 Å². The number of amides is 1. The van der Waals surface area contributed by atoms with E-state index in [0.717, 1.165) is 25.1 Å². The lowest BCUT2D eigenvalue weighted by Gasteiger charge is -2.23. The number of piperidine rings is 1. The summed E-state index contributed by atoms with van der Waals surface area (Å²) in [5.41, 5.74) is 0.186. The number of rotatable bonds is 6. The Balaban J connectivity index is 1.22. The van der Waals surface area contributed by atoms with Crippen molar-refractivity contribution in [2.75, 3.05) is 26.2 Å². The van der Waals surface area contributed by atoms with Crippen molar-refractivity contribution in [3.05, 3.63) is 29.8 Å². The van der Waals surface area contributed by atoms with Crippen LogP contribution in [0.3, 0.4) is 0 Å². The highest BCUT2D eigenvalue weighted by molar-refractivity contribution is 5.94. The number of hydrogen-bond donors (Lipinski definition) is 1. The molecular formula is C20H25F3N2O2. The van der Waals surface area contributed by atoms with Gasteiger partial charge in [0.05, 0.1) is 0 Å². The van der Waals surface area contributed by atoms with Gasteiger partial charge in [0.25, 0.3) is 5.91 Å². The van der Waals surface area contributed by atoms with Gasteiger partial charge in [-0.2, -0.15) is 0 Å². The molecule has 7 heteroatoms. The lowest BCUT2D eigenvalue weighted by Crippen LogP contribution is -2.32. The lowest BCUT2D eigenvalue weighted by atomic mass is 10.1. The number of alkyl halides is 3. The van der Waals surface area contributed by atoms with Gasteiger partial charge in [0.15, 0.2) is 0 Å². The minimum atomic E-state index is -4.76. The van der Waals surface area contributed by atoms with Crippen molar-refractivity contribution in [3.63, 3.8) is 0 Å². The fourth-order valence-corrected chi connectivity index (χ4v) is 4.89. The number of halogens is 3. The average Bonchev–Trinajstić information content (AvgIpc) is 2.98. The molecule has 1 N–H and O–H groups in total. The summed E-state index contributed by atoms with van der Waals surface area (Å²) in [5, 5.41) is 2.87. The van der Waals surface area contributed by atoms with Gasteiger partial charge in [0.2, 0.25) is 0 Å². The molecule has 4 nitrogen and oxygen atoms in total. The predicted octanol–water partition coefficient (Wildman–Crippen LogP) is 3.68. The SMILES string of the molecule is O=C(NCC1C2CN(CC3CCCC3)CC12)c1cccc(OC(F)(F)F)c1. The first-order chi connectivity index (χ1) is 12.9. The van der Waals surface area contributed by atoms with E-state index in [9.17, 15) is 18.0 Å². The van der Waals surface area contributed by atoms with E-state index in [1.807, 2.05) is 0 Å². The Kier molecular flexibility index (Phi) is 5.05. The second-order valence-electron chi connectivity index (χ2n) is 8.15. The van der Waals surface area contributed by atoms with E-state index in [1.54, 1.807) is 0 Å². The number of likely N-dealkylation sites (tertiary alicyclic amines) is 1. The molecule has 1 saturated heterocycles. The molecule has 148 valence electrons. The van der Waals surface area contributed by atoms with Crippen LogP contribution in [0.1, 0.15) is 36.0 Å². The highest BCUT2D eigenvalue weighted by atomic mass is 19.4. The second-order valence-corrected chi connectivity index (χ2v) is 8.15. The largest absolute Gasteiger partial charge is 0.573 e. The van der Waals surface area contributed by atoms with Crippen molar-refractivity contribution in [2.45, 2.75) is 32.0 Å². The summed E-state index contributed by atoms with van der Waals surface area (Å²) < 4.78 is 40.8. The Bertz CT molecular complexity index is 676. The normalized spacial score (nSPS) is 28.2. The van der Waals surface area contributed by atoms with Crippen LogP contribution in [0.2, 0.25) is 0 Å². The summed E-state index contributed by atoms with van der Waals surface area (Å²) in [6.45, 7) is 4.06. The number of nitrogens with one attached hydrogen (secondary N) is 1. The summed E-state index contributed by atoms with van der Waals surface area (Å²) >= 11 is 0. The summed E-state index contributed by atoms with van der Waals surface area (Å²) in [6.07, 6.45) is 0.709. The molecule has 0 radical (unpaired) electrons. The molecule has 4 rings (SSSR count). The number of carbonyl (C=O) groups is 1. The van der Waals surface area contributed by atoms with E-state index >= 15 is 0 Å². The first-order valence-corrected chi connectivity index (χ1v) is 9.75. The number of hydrogen-bond acceptors (Lipinski definition) is 3. The first kappa shape index (κ1) is 18.6. The maximum Gasteiger partial charge on any atom is 0.573 e. The monoisotopic (exact) mass is 382 g/mol. The van der Waals surface area contributed by atoms with Crippen molar-refractivity contribution in [3.8, 4) is 5.75 Å². The van der Waals surface area contributed by atoms with E-state index in [0.29, 0.717) is 24.3 Å². The maximum atomic E-state index is 12.3. The third-order valence-corrected chi connectivity index (χ3v) is 6.27. The number of ether oxygens (including phenoxy) is 1. The number of carbonyl (C=O) groups excluding carboxylic acids is 1. The van der Waals surface area contributed by atoms with Gasteiger partial charge in [-0.1, -0.05) is 18.9 Å². The summed E-state index contributed by atoms with van der Waals surface area (Å²) in [6, 6.07) is 5.20. The van der Waals surface area contributed by atoms with E-state index < -0.39 is 6.36 Å². The maximum absolute atomic E-state index is 12.3. The molecule has 3 fully saturated rings.